The number of imide groups is 1. The summed E-state index contributed by atoms with van der Waals surface area (Å²) in [5, 5.41) is 2.26. The van der Waals surface area contributed by atoms with E-state index >= 15 is 0 Å². The largest absolute Gasteiger partial charge is 0.488 e. The van der Waals surface area contributed by atoms with Gasteiger partial charge in [0.25, 0.3) is 5.91 Å². The summed E-state index contributed by atoms with van der Waals surface area (Å²) in [7, 11) is 0. The predicted molar refractivity (Wildman–Crippen MR) is 131 cm³/mol. The van der Waals surface area contributed by atoms with Gasteiger partial charge in [0.1, 0.15) is 24.7 Å². The van der Waals surface area contributed by atoms with Crippen LogP contribution in [0.4, 0.5) is 4.39 Å². The lowest BCUT2D eigenvalue weighted by Crippen LogP contribution is -2.44. The molecule has 2 aromatic carbocycles. The Labute approximate surface area is 210 Å². The van der Waals surface area contributed by atoms with Gasteiger partial charge >= 0.3 is 0 Å². The Kier molecular flexibility index (Phi) is 8.01. The Morgan fingerprint density at radius 1 is 1.14 bits per heavy atom. The molecule has 4 rings (SSSR count). The highest BCUT2D eigenvalue weighted by Gasteiger charge is 2.31. The summed E-state index contributed by atoms with van der Waals surface area (Å²) in [6.45, 7) is 8.02. The number of fused-ring (bicyclic) bond motifs is 1. The molecular weight excluding hydrogens is 465 g/mol. The van der Waals surface area contributed by atoms with Crippen molar-refractivity contribution in [1.82, 2.24) is 15.1 Å². The van der Waals surface area contributed by atoms with Crippen molar-refractivity contribution in [2.24, 2.45) is 0 Å². The zero-order valence-corrected chi connectivity index (χ0v) is 20.9. The number of hydrogen-bond acceptors (Lipinski definition) is 6. The number of halogens is 1. The van der Waals surface area contributed by atoms with E-state index in [1.807, 2.05) is 19.9 Å². The molecule has 2 atom stereocenters. The number of nitrogens with one attached hydrogen (secondary N) is 1. The molecule has 2 aliphatic rings. The molecule has 3 amide bonds. The molecule has 8 nitrogen and oxygen atoms in total. The summed E-state index contributed by atoms with van der Waals surface area (Å²) in [4.78, 5) is 40.0. The zero-order chi connectivity index (χ0) is 25.8. The van der Waals surface area contributed by atoms with Crippen molar-refractivity contribution in [3.8, 4) is 5.75 Å². The topological polar surface area (TPSA) is 88.2 Å². The number of nitrogens with zero attached hydrogens (tertiary/aromatic N) is 2. The first kappa shape index (κ1) is 25.8. The van der Waals surface area contributed by atoms with Gasteiger partial charge in [0.15, 0.2) is 0 Å². The monoisotopic (exact) mass is 497 g/mol. The summed E-state index contributed by atoms with van der Waals surface area (Å²) in [5.74, 6) is -1.13. The van der Waals surface area contributed by atoms with Crippen molar-refractivity contribution in [3.05, 3.63) is 64.5 Å². The Morgan fingerprint density at radius 2 is 1.89 bits per heavy atom. The van der Waals surface area contributed by atoms with Crippen molar-refractivity contribution in [2.75, 3.05) is 19.6 Å². The second kappa shape index (κ2) is 11.2. The summed E-state index contributed by atoms with van der Waals surface area (Å²) in [5.41, 5.74) is 2.50. The van der Waals surface area contributed by atoms with Gasteiger partial charge in [0, 0.05) is 42.7 Å². The van der Waals surface area contributed by atoms with Crippen LogP contribution in [-0.4, -0.2) is 59.4 Å². The number of morpholine rings is 1. The lowest BCUT2D eigenvalue weighted by Gasteiger charge is -2.35. The molecule has 1 N–H and O–H groups in total. The molecule has 0 radical (unpaired) electrons. The van der Waals surface area contributed by atoms with Crippen molar-refractivity contribution in [1.29, 1.82) is 0 Å². The van der Waals surface area contributed by atoms with E-state index < -0.39 is 11.8 Å². The lowest BCUT2D eigenvalue weighted by molar-refractivity contribution is -0.130. The number of rotatable bonds is 8. The van der Waals surface area contributed by atoms with Crippen LogP contribution in [0, 0.1) is 5.82 Å². The lowest BCUT2D eigenvalue weighted by atomic mass is 10.1. The maximum atomic E-state index is 14.6. The van der Waals surface area contributed by atoms with Crippen LogP contribution >= 0.6 is 0 Å². The third-order valence-corrected chi connectivity index (χ3v) is 6.33. The van der Waals surface area contributed by atoms with Gasteiger partial charge in [-0.1, -0.05) is 19.1 Å². The van der Waals surface area contributed by atoms with Crippen molar-refractivity contribution in [3.63, 3.8) is 0 Å². The van der Waals surface area contributed by atoms with Gasteiger partial charge in [-0.3, -0.25) is 24.6 Å². The highest BCUT2D eigenvalue weighted by Crippen LogP contribution is 2.31. The van der Waals surface area contributed by atoms with Gasteiger partial charge in [-0.15, -0.1) is 0 Å². The fourth-order valence-corrected chi connectivity index (χ4v) is 4.75. The van der Waals surface area contributed by atoms with Gasteiger partial charge < -0.3 is 14.4 Å². The van der Waals surface area contributed by atoms with Crippen LogP contribution in [0.25, 0.3) is 0 Å². The first-order valence-electron chi connectivity index (χ1n) is 12.2. The van der Waals surface area contributed by atoms with Gasteiger partial charge in [-0.05, 0) is 43.7 Å². The van der Waals surface area contributed by atoms with Gasteiger partial charge in [-0.2, -0.15) is 0 Å². The Balaban J connectivity index is 1.42. The minimum atomic E-state index is -0.534. The molecule has 2 aromatic rings. The fraction of sp³-hybridized carbons (Fsp3) is 0.444. The molecule has 0 aromatic heterocycles. The molecule has 9 heteroatoms. The van der Waals surface area contributed by atoms with Crippen LogP contribution in [-0.2, 0) is 34.0 Å². The first-order chi connectivity index (χ1) is 17.2. The number of benzene rings is 2. The van der Waals surface area contributed by atoms with Gasteiger partial charge in [0.05, 0.1) is 18.8 Å². The van der Waals surface area contributed by atoms with Crippen molar-refractivity contribution in [2.45, 2.75) is 59.1 Å². The van der Waals surface area contributed by atoms with E-state index in [0.717, 1.165) is 18.7 Å². The Morgan fingerprint density at radius 3 is 2.61 bits per heavy atom. The van der Waals surface area contributed by atoms with Crippen LogP contribution in [0.15, 0.2) is 36.4 Å². The van der Waals surface area contributed by atoms with E-state index in [0.29, 0.717) is 29.0 Å². The highest BCUT2D eigenvalue weighted by molar-refractivity contribution is 6.02. The van der Waals surface area contributed by atoms with Crippen LogP contribution in [0.2, 0.25) is 0 Å². The van der Waals surface area contributed by atoms with E-state index in [4.69, 9.17) is 9.47 Å². The SMILES string of the molecule is CCC(=O)NC(=O)CN1Cc2c(OCc3cc(CN4CC(C)O[C@@H](C)C4)ccc3F)cccc2C1=O. The van der Waals surface area contributed by atoms with Crippen molar-refractivity contribution < 1.29 is 28.2 Å². The molecule has 0 saturated carbocycles. The molecule has 1 unspecified atom stereocenters. The fourth-order valence-electron chi connectivity index (χ4n) is 4.75. The second-order valence-corrected chi connectivity index (χ2v) is 9.43. The molecule has 2 aliphatic heterocycles. The smallest absolute Gasteiger partial charge is 0.255 e. The average Bonchev–Trinajstić information content (AvgIpc) is 3.14. The Hall–Kier alpha value is -3.30. The van der Waals surface area contributed by atoms with Crippen LogP contribution in [0.3, 0.4) is 0 Å². The van der Waals surface area contributed by atoms with E-state index in [1.54, 1.807) is 31.2 Å². The zero-order valence-electron chi connectivity index (χ0n) is 20.9. The second-order valence-electron chi connectivity index (χ2n) is 9.43. The summed E-state index contributed by atoms with van der Waals surface area (Å²) in [6, 6.07) is 10.2. The maximum absolute atomic E-state index is 14.6. The minimum Gasteiger partial charge on any atom is -0.488 e. The van der Waals surface area contributed by atoms with Crippen LogP contribution < -0.4 is 10.1 Å². The van der Waals surface area contributed by atoms with Gasteiger partial charge in [0.2, 0.25) is 11.8 Å². The normalized spacial score (nSPS) is 19.8. The first-order valence-corrected chi connectivity index (χ1v) is 12.2. The third kappa shape index (κ3) is 6.09. The minimum absolute atomic E-state index is 0.00568. The van der Waals surface area contributed by atoms with E-state index in [9.17, 15) is 18.8 Å². The number of carbonyl (C=O) groups is 3. The summed E-state index contributed by atoms with van der Waals surface area (Å²) < 4.78 is 26.4. The van der Waals surface area contributed by atoms with Crippen LogP contribution in [0.5, 0.6) is 5.75 Å². The third-order valence-electron chi connectivity index (χ3n) is 6.33. The molecule has 2 heterocycles. The highest BCUT2D eigenvalue weighted by atomic mass is 19.1. The molecule has 0 aliphatic carbocycles. The maximum Gasteiger partial charge on any atom is 0.255 e. The molecular formula is C27H32FN3O5. The standard InChI is InChI=1S/C27H32FN3O5/c1-4-25(32)29-26(33)15-31-14-22-21(27(31)34)6-5-7-24(22)35-16-20-10-19(8-9-23(20)28)13-30-11-17(2)36-18(3)12-30/h5-10,17-18H,4,11-16H2,1-3H3,(H,29,32,33)/t17-,18?/m0/s1. The van der Waals surface area contributed by atoms with E-state index in [-0.39, 0.29) is 50.0 Å². The number of carbonyl (C=O) groups excluding carboxylic acids is 3. The van der Waals surface area contributed by atoms with E-state index in [1.165, 1.54) is 11.0 Å². The van der Waals surface area contributed by atoms with E-state index in [2.05, 4.69) is 10.2 Å². The number of hydrogen-bond donors (Lipinski definition) is 1. The van der Waals surface area contributed by atoms with Crippen molar-refractivity contribution >= 4 is 17.7 Å². The predicted octanol–water partition coefficient (Wildman–Crippen LogP) is 3.02. The molecule has 0 bridgehead atoms. The molecule has 1 fully saturated rings. The molecule has 36 heavy (non-hydrogen) atoms. The Bertz CT molecular complexity index is 1140. The van der Waals surface area contributed by atoms with Crippen LogP contribution in [0.1, 0.15) is 54.2 Å². The summed E-state index contributed by atoms with van der Waals surface area (Å²) >= 11 is 0. The quantitative estimate of drug-likeness (QED) is 0.603. The average molecular weight is 498 g/mol. The summed E-state index contributed by atoms with van der Waals surface area (Å²) in [6.07, 6.45) is 0.482. The number of amides is 3. The molecule has 1 saturated heterocycles. The van der Waals surface area contributed by atoms with Gasteiger partial charge in [-0.25, -0.2) is 4.39 Å². The molecule has 0 spiro atoms. The number of ether oxygens (including phenoxy) is 2. The molecule has 192 valence electrons.